The number of aromatic amines is 1. The molecule has 0 aliphatic carbocycles. The molecule has 0 atom stereocenters. The maximum Gasteiger partial charge on any atom is 0.210 e. The average molecular weight is 381 g/mol. The number of halogens is 2. The summed E-state index contributed by atoms with van der Waals surface area (Å²) in [6, 6.07) is 13.3. The van der Waals surface area contributed by atoms with Gasteiger partial charge in [0.25, 0.3) is 0 Å². The van der Waals surface area contributed by atoms with Gasteiger partial charge in [0.2, 0.25) is 5.78 Å². The summed E-state index contributed by atoms with van der Waals surface area (Å²) in [5.41, 5.74) is 1.99. The zero-order valence-corrected chi connectivity index (χ0v) is 14.8. The first-order valence-corrected chi connectivity index (χ1v) is 8.60. The number of nitrogens with zero attached hydrogens (tertiary/aromatic N) is 2. The fraction of sp³-hybridized carbons (Fsp3) is 0.0500. The third-order valence-electron chi connectivity index (χ3n) is 4.12. The van der Waals surface area contributed by atoms with Gasteiger partial charge in [-0.15, -0.1) is 0 Å². The van der Waals surface area contributed by atoms with Crippen LogP contribution in [0.25, 0.3) is 11.0 Å². The zero-order chi connectivity index (χ0) is 18.8. The molecule has 0 radical (unpaired) electrons. The van der Waals surface area contributed by atoms with Crippen LogP contribution < -0.4 is 5.32 Å². The van der Waals surface area contributed by atoms with Crippen molar-refractivity contribution in [2.45, 2.75) is 6.54 Å². The molecule has 1 aromatic carbocycles. The van der Waals surface area contributed by atoms with Gasteiger partial charge in [-0.05, 0) is 30.3 Å². The highest BCUT2D eigenvalue weighted by atomic mass is 35.5. The summed E-state index contributed by atoms with van der Waals surface area (Å²) in [6.45, 7) is 0.307. The minimum atomic E-state index is -0.274. The number of fused-ring (bicyclic) bond motifs is 1. The van der Waals surface area contributed by atoms with Gasteiger partial charge < -0.3 is 10.3 Å². The molecule has 3 aromatic heterocycles. The van der Waals surface area contributed by atoms with Gasteiger partial charge in [0.15, 0.2) is 0 Å². The molecule has 7 heteroatoms. The monoisotopic (exact) mass is 380 g/mol. The largest absolute Gasteiger partial charge is 0.366 e. The molecule has 0 amide bonds. The van der Waals surface area contributed by atoms with Crippen molar-refractivity contribution in [3.05, 3.63) is 88.6 Å². The Morgan fingerprint density at radius 2 is 1.96 bits per heavy atom. The Hall–Kier alpha value is -3.25. The van der Waals surface area contributed by atoms with Gasteiger partial charge in [-0.3, -0.25) is 4.79 Å². The molecule has 0 saturated carbocycles. The van der Waals surface area contributed by atoms with Crippen molar-refractivity contribution in [2.24, 2.45) is 0 Å². The number of aromatic nitrogens is 3. The number of rotatable bonds is 5. The molecule has 0 spiro atoms. The van der Waals surface area contributed by atoms with E-state index in [1.54, 1.807) is 42.5 Å². The number of pyridine rings is 2. The fourth-order valence-corrected chi connectivity index (χ4v) is 2.89. The first-order valence-electron chi connectivity index (χ1n) is 8.22. The van der Waals surface area contributed by atoms with Gasteiger partial charge in [-0.25, -0.2) is 14.4 Å². The molecule has 3 heterocycles. The Morgan fingerprint density at radius 3 is 2.74 bits per heavy atom. The summed E-state index contributed by atoms with van der Waals surface area (Å²) in [5.74, 6) is 0.0847. The van der Waals surface area contributed by atoms with Crippen LogP contribution in [-0.4, -0.2) is 20.7 Å². The summed E-state index contributed by atoms with van der Waals surface area (Å²) in [5, 5.41) is 4.31. The molecule has 27 heavy (non-hydrogen) atoms. The van der Waals surface area contributed by atoms with Crippen LogP contribution in [0.5, 0.6) is 0 Å². The number of benzene rings is 1. The summed E-state index contributed by atoms with van der Waals surface area (Å²) >= 11 is 5.92. The second-order valence-corrected chi connectivity index (χ2v) is 6.42. The van der Waals surface area contributed by atoms with Crippen LogP contribution in [0.15, 0.2) is 60.9 Å². The maximum atomic E-state index is 13.6. The lowest BCUT2D eigenvalue weighted by Gasteiger charge is -2.07. The molecule has 4 rings (SSSR count). The van der Waals surface area contributed by atoms with E-state index in [4.69, 9.17) is 11.6 Å². The summed E-state index contributed by atoms with van der Waals surface area (Å²) in [7, 11) is 0. The minimum absolute atomic E-state index is 0.197. The van der Waals surface area contributed by atoms with Crippen LogP contribution in [-0.2, 0) is 6.54 Å². The van der Waals surface area contributed by atoms with Gasteiger partial charge in [-0.2, -0.15) is 0 Å². The third-order valence-corrected chi connectivity index (χ3v) is 4.33. The Labute approximate surface area is 159 Å². The van der Waals surface area contributed by atoms with E-state index in [9.17, 15) is 9.18 Å². The van der Waals surface area contributed by atoms with E-state index in [2.05, 4.69) is 20.3 Å². The summed E-state index contributed by atoms with van der Waals surface area (Å²) in [6.07, 6.45) is 3.00. The van der Waals surface area contributed by atoms with Crippen molar-refractivity contribution in [2.75, 3.05) is 5.32 Å². The number of nitrogens with one attached hydrogen (secondary N) is 2. The Kier molecular flexibility index (Phi) is 4.56. The number of hydrogen-bond acceptors (Lipinski definition) is 4. The van der Waals surface area contributed by atoms with Crippen LogP contribution >= 0.6 is 11.6 Å². The van der Waals surface area contributed by atoms with E-state index in [1.807, 2.05) is 0 Å². The number of anilines is 1. The smallest absolute Gasteiger partial charge is 0.210 e. The molecule has 0 aliphatic rings. The normalized spacial score (nSPS) is 10.9. The van der Waals surface area contributed by atoms with Crippen molar-refractivity contribution in [1.82, 2.24) is 15.0 Å². The number of ketones is 1. The van der Waals surface area contributed by atoms with E-state index in [-0.39, 0.29) is 11.6 Å². The molecular formula is C20H14ClFN4O. The van der Waals surface area contributed by atoms with Crippen molar-refractivity contribution in [3.63, 3.8) is 0 Å². The highest BCUT2D eigenvalue weighted by molar-refractivity contribution is 6.31. The predicted molar refractivity (Wildman–Crippen MR) is 102 cm³/mol. The molecule has 2 N–H and O–H groups in total. The van der Waals surface area contributed by atoms with Crippen LogP contribution in [0.2, 0.25) is 5.02 Å². The number of H-pyrrole nitrogens is 1. The third kappa shape index (κ3) is 3.66. The molecule has 0 unspecified atom stereocenters. The van der Waals surface area contributed by atoms with Crippen LogP contribution in [0.4, 0.5) is 10.2 Å². The van der Waals surface area contributed by atoms with Crippen LogP contribution in [0.1, 0.15) is 21.6 Å². The van der Waals surface area contributed by atoms with Gasteiger partial charge in [-0.1, -0.05) is 29.8 Å². The van der Waals surface area contributed by atoms with Gasteiger partial charge >= 0.3 is 0 Å². The highest BCUT2D eigenvalue weighted by Gasteiger charge is 2.13. The van der Waals surface area contributed by atoms with E-state index < -0.39 is 0 Å². The molecule has 134 valence electrons. The first-order chi connectivity index (χ1) is 13.1. The Morgan fingerprint density at radius 1 is 1.11 bits per heavy atom. The average Bonchev–Trinajstić information content (AvgIpc) is 3.10. The standard InChI is InChI=1S/C20H14ClFN4O/c21-15-7-14-8-17(26-20(14)25-11-15)19(27)13-5-6-18(24-10-13)23-9-12-3-1-2-4-16(12)22/h1-8,10-11H,9H2,(H,23,24)(H,25,26). The maximum absolute atomic E-state index is 13.6. The van der Waals surface area contributed by atoms with Crippen molar-refractivity contribution in [3.8, 4) is 0 Å². The fourth-order valence-electron chi connectivity index (χ4n) is 2.73. The van der Waals surface area contributed by atoms with Gasteiger partial charge in [0.05, 0.1) is 10.7 Å². The zero-order valence-electron chi connectivity index (χ0n) is 14.0. The molecule has 0 fully saturated rings. The Balaban J connectivity index is 1.49. The molecule has 0 aliphatic heterocycles. The van der Waals surface area contributed by atoms with E-state index in [1.165, 1.54) is 18.5 Å². The predicted octanol–water partition coefficient (Wildman–Crippen LogP) is 4.59. The molecular weight excluding hydrogens is 367 g/mol. The number of carbonyl (C=O) groups is 1. The lowest BCUT2D eigenvalue weighted by atomic mass is 10.1. The summed E-state index contributed by atoms with van der Waals surface area (Å²) < 4.78 is 13.6. The molecule has 4 aromatic rings. The SMILES string of the molecule is O=C(c1ccc(NCc2ccccc2F)nc1)c1cc2cc(Cl)cnc2[nH]1. The molecule has 0 saturated heterocycles. The minimum Gasteiger partial charge on any atom is -0.366 e. The van der Waals surface area contributed by atoms with Crippen molar-refractivity contribution >= 4 is 34.2 Å². The van der Waals surface area contributed by atoms with Crippen molar-refractivity contribution < 1.29 is 9.18 Å². The van der Waals surface area contributed by atoms with Gasteiger partial charge in [0, 0.05) is 35.5 Å². The van der Waals surface area contributed by atoms with E-state index in [0.29, 0.717) is 39.9 Å². The van der Waals surface area contributed by atoms with Crippen LogP contribution in [0.3, 0.4) is 0 Å². The first kappa shape index (κ1) is 17.2. The second kappa shape index (κ2) is 7.17. The molecule has 5 nitrogen and oxygen atoms in total. The van der Waals surface area contributed by atoms with Crippen molar-refractivity contribution in [1.29, 1.82) is 0 Å². The van der Waals surface area contributed by atoms with Gasteiger partial charge in [0.1, 0.15) is 17.3 Å². The Bertz CT molecular complexity index is 1120. The number of hydrogen-bond donors (Lipinski definition) is 2. The van der Waals surface area contributed by atoms with E-state index >= 15 is 0 Å². The lowest BCUT2D eigenvalue weighted by Crippen LogP contribution is -2.06. The number of carbonyl (C=O) groups excluding carboxylic acids is 1. The van der Waals surface area contributed by atoms with E-state index in [0.717, 1.165) is 5.39 Å². The summed E-state index contributed by atoms with van der Waals surface area (Å²) in [4.78, 5) is 24.0. The molecule has 0 bridgehead atoms. The second-order valence-electron chi connectivity index (χ2n) is 5.98. The highest BCUT2D eigenvalue weighted by Crippen LogP contribution is 2.20. The lowest BCUT2D eigenvalue weighted by molar-refractivity contribution is 0.103. The quantitative estimate of drug-likeness (QED) is 0.497. The topological polar surface area (TPSA) is 70.7 Å². The van der Waals surface area contributed by atoms with Crippen LogP contribution in [0, 0.1) is 5.82 Å².